The Hall–Kier alpha value is -2.18. The molecule has 0 amide bonds. The molecule has 6 heteroatoms. The Morgan fingerprint density at radius 2 is 1.77 bits per heavy atom. The van der Waals surface area contributed by atoms with Gasteiger partial charge in [0.25, 0.3) is 0 Å². The van der Waals surface area contributed by atoms with Crippen molar-refractivity contribution in [2.75, 3.05) is 7.11 Å². The summed E-state index contributed by atoms with van der Waals surface area (Å²) >= 11 is 0. The molecule has 138 valence electrons. The number of nitrogens with one attached hydrogen (secondary N) is 1. The summed E-state index contributed by atoms with van der Waals surface area (Å²) in [6.45, 7) is 1.66. The SMILES string of the molecule is COC(=O)C(C)C(NS(=O)(=O)c1ccc2c(c1)CCC2)c1ccccc1. The van der Waals surface area contributed by atoms with E-state index in [2.05, 4.69) is 4.72 Å². The number of fused-ring (bicyclic) bond motifs is 1. The highest BCUT2D eigenvalue weighted by Crippen LogP contribution is 2.28. The summed E-state index contributed by atoms with van der Waals surface area (Å²) in [7, 11) is -2.47. The van der Waals surface area contributed by atoms with Gasteiger partial charge in [0, 0.05) is 0 Å². The standard InChI is InChI=1S/C20H23NO4S/c1-14(20(22)25-2)19(16-7-4-3-5-8-16)21-26(23,24)18-12-11-15-9-6-10-17(15)13-18/h3-5,7-8,11-14,19,21H,6,9-10H2,1-2H3. The monoisotopic (exact) mass is 373 g/mol. The van der Waals surface area contributed by atoms with E-state index in [1.54, 1.807) is 31.2 Å². The van der Waals surface area contributed by atoms with Crippen molar-refractivity contribution in [1.29, 1.82) is 0 Å². The molecule has 0 spiro atoms. The number of aryl methyl sites for hydroxylation is 2. The zero-order chi connectivity index (χ0) is 18.7. The van der Waals surface area contributed by atoms with Crippen molar-refractivity contribution in [2.45, 2.75) is 37.1 Å². The Kier molecular flexibility index (Phi) is 5.44. The summed E-state index contributed by atoms with van der Waals surface area (Å²) in [5.74, 6) is -1.12. The highest BCUT2D eigenvalue weighted by molar-refractivity contribution is 7.89. The number of ether oxygens (including phenoxy) is 1. The van der Waals surface area contributed by atoms with Crippen LogP contribution in [0.1, 0.15) is 36.1 Å². The maximum absolute atomic E-state index is 13.0. The molecule has 2 aromatic carbocycles. The lowest BCUT2D eigenvalue weighted by molar-refractivity contribution is -0.145. The van der Waals surface area contributed by atoms with Crippen LogP contribution in [-0.4, -0.2) is 21.5 Å². The minimum absolute atomic E-state index is 0.233. The largest absolute Gasteiger partial charge is 0.469 e. The van der Waals surface area contributed by atoms with Crippen LogP contribution >= 0.6 is 0 Å². The quantitative estimate of drug-likeness (QED) is 0.790. The van der Waals surface area contributed by atoms with Crippen molar-refractivity contribution in [3.63, 3.8) is 0 Å². The molecule has 3 rings (SSSR count). The molecule has 0 bridgehead atoms. The van der Waals surface area contributed by atoms with E-state index >= 15 is 0 Å². The van der Waals surface area contributed by atoms with Gasteiger partial charge in [-0.05, 0) is 48.1 Å². The third-order valence-electron chi connectivity index (χ3n) is 4.89. The smallest absolute Gasteiger partial charge is 0.310 e. The zero-order valence-electron chi connectivity index (χ0n) is 14.9. The van der Waals surface area contributed by atoms with Crippen molar-refractivity contribution >= 4 is 16.0 Å². The lowest BCUT2D eigenvalue weighted by atomic mass is 9.95. The number of sulfonamides is 1. The number of benzene rings is 2. The third-order valence-corrected chi connectivity index (χ3v) is 6.33. The Balaban J connectivity index is 1.93. The van der Waals surface area contributed by atoms with Crippen LogP contribution in [-0.2, 0) is 32.4 Å². The molecule has 0 aromatic heterocycles. The second-order valence-corrected chi connectivity index (χ2v) is 8.32. The Bertz CT molecular complexity index is 893. The average Bonchev–Trinajstić information content (AvgIpc) is 3.13. The summed E-state index contributed by atoms with van der Waals surface area (Å²) in [6, 6.07) is 13.6. The van der Waals surface area contributed by atoms with E-state index in [0.717, 1.165) is 30.4 Å². The summed E-state index contributed by atoms with van der Waals surface area (Å²) in [6.07, 6.45) is 2.95. The van der Waals surface area contributed by atoms with Crippen molar-refractivity contribution in [3.05, 3.63) is 65.2 Å². The Labute approximate surface area is 154 Å². The highest BCUT2D eigenvalue weighted by atomic mass is 32.2. The van der Waals surface area contributed by atoms with Gasteiger partial charge >= 0.3 is 5.97 Å². The number of esters is 1. The van der Waals surface area contributed by atoms with E-state index in [4.69, 9.17) is 4.74 Å². The lowest BCUT2D eigenvalue weighted by Gasteiger charge is -2.24. The highest BCUT2D eigenvalue weighted by Gasteiger charge is 2.31. The third kappa shape index (κ3) is 3.81. The fraction of sp³-hybridized carbons (Fsp3) is 0.350. The molecule has 26 heavy (non-hydrogen) atoms. The fourth-order valence-electron chi connectivity index (χ4n) is 3.39. The van der Waals surface area contributed by atoms with Crippen molar-refractivity contribution in [1.82, 2.24) is 4.72 Å². The molecule has 2 unspecified atom stereocenters. The summed E-state index contributed by atoms with van der Waals surface area (Å²) < 4.78 is 33.5. The Morgan fingerprint density at radius 3 is 2.46 bits per heavy atom. The van der Waals surface area contributed by atoms with Gasteiger partial charge in [-0.15, -0.1) is 0 Å². The van der Waals surface area contributed by atoms with E-state index in [9.17, 15) is 13.2 Å². The molecule has 0 saturated carbocycles. The van der Waals surface area contributed by atoms with E-state index < -0.39 is 28.0 Å². The van der Waals surface area contributed by atoms with Gasteiger partial charge in [0.2, 0.25) is 10.0 Å². The lowest BCUT2D eigenvalue weighted by Crippen LogP contribution is -2.36. The maximum atomic E-state index is 13.0. The predicted octanol–water partition coefficient (Wildman–Crippen LogP) is 3.00. The van der Waals surface area contributed by atoms with E-state index in [0.29, 0.717) is 0 Å². The summed E-state index contributed by atoms with van der Waals surface area (Å²) in [5, 5.41) is 0. The molecule has 0 heterocycles. The number of carbonyl (C=O) groups is 1. The van der Waals surface area contributed by atoms with Crippen molar-refractivity contribution < 1.29 is 17.9 Å². The normalized spacial score (nSPS) is 15.9. The first-order chi connectivity index (χ1) is 12.4. The van der Waals surface area contributed by atoms with Gasteiger partial charge in [-0.25, -0.2) is 13.1 Å². The summed E-state index contributed by atoms with van der Waals surface area (Å²) in [5.41, 5.74) is 3.02. The van der Waals surface area contributed by atoms with Crippen LogP contribution < -0.4 is 4.72 Å². The van der Waals surface area contributed by atoms with Crippen LogP contribution in [0.3, 0.4) is 0 Å². The van der Waals surface area contributed by atoms with E-state index in [-0.39, 0.29) is 4.90 Å². The average molecular weight is 373 g/mol. The van der Waals surface area contributed by atoms with Gasteiger partial charge in [0.05, 0.1) is 24.0 Å². The van der Waals surface area contributed by atoms with Gasteiger partial charge in [0.15, 0.2) is 0 Å². The van der Waals surface area contributed by atoms with Crippen LogP contribution in [0.5, 0.6) is 0 Å². The minimum Gasteiger partial charge on any atom is -0.469 e. The molecule has 0 fully saturated rings. The molecule has 1 aliphatic rings. The van der Waals surface area contributed by atoms with Gasteiger partial charge in [-0.3, -0.25) is 4.79 Å². The first-order valence-corrected chi connectivity index (χ1v) is 10.2. The van der Waals surface area contributed by atoms with Crippen LogP contribution in [0.2, 0.25) is 0 Å². The van der Waals surface area contributed by atoms with E-state index in [1.807, 2.05) is 24.3 Å². The van der Waals surface area contributed by atoms with Gasteiger partial charge < -0.3 is 4.74 Å². The van der Waals surface area contributed by atoms with Crippen molar-refractivity contribution in [2.24, 2.45) is 5.92 Å². The molecule has 0 saturated heterocycles. The molecule has 0 aliphatic heterocycles. The maximum Gasteiger partial charge on any atom is 0.310 e. The second-order valence-electron chi connectivity index (χ2n) is 6.61. The van der Waals surface area contributed by atoms with Gasteiger partial charge in [-0.2, -0.15) is 0 Å². The zero-order valence-corrected chi connectivity index (χ0v) is 15.8. The number of rotatable bonds is 6. The molecule has 1 N–H and O–H groups in total. The van der Waals surface area contributed by atoms with Crippen LogP contribution in [0.25, 0.3) is 0 Å². The van der Waals surface area contributed by atoms with Gasteiger partial charge in [-0.1, -0.05) is 43.3 Å². The summed E-state index contributed by atoms with van der Waals surface area (Å²) in [4.78, 5) is 12.3. The molecular formula is C20H23NO4S. The van der Waals surface area contributed by atoms with Crippen LogP contribution in [0.15, 0.2) is 53.4 Å². The van der Waals surface area contributed by atoms with Gasteiger partial charge in [0.1, 0.15) is 0 Å². The van der Waals surface area contributed by atoms with Crippen molar-refractivity contribution in [3.8, 4) is 0 Å². The predicted molar refractivity (Wildman–Crippen MR) is 99.2 cm³/mol. The number of methoxy groups -OCH3 is 1. The van der Waals surface area contributed by atoms with E-state index in [1.165, 1.54) is 12.7 Å². The number of carbonyl (C=O) groups excluding carboxylic acids is 1. The fourth-order valence-corrected chi connectivity index (χ4v) is 4.75. The second kappa shape index (κ2) is 7.60. The van der Waals surface area contributed by atoms with Crippen LogP contribution in [0.4, 0.5) is 0 Å². The molecular weight excluding hydrogens is 350 g/mol. The number of hydrogen-bond acceptors (Lipinski definition) is 4. The number of hydrogen-bond donors (Lipinski definition) is 1. The molecule has 2 atom stereocenters. The molecule has 5 nitrogen and oxygen atoms in total. The molecule has 2 aromatic rings. The van der Waals surface area contributed by atoms with Crippen LogP contribution in [0, 0.1) is 5.92 Å². The Morgan fingerprint density at radius 1 is 1.08 bits per heavy atom. The molecule has 0 radical (unpaired) electrons. The first-order valence-electron chi connectivity index (χ1n) is 8.69. The topological polar surface area (TPSA) is 72.5 Å². The first kappa shape index (κ1) is 18.6. The molecule has 1 aliphatic carbocycles. The minimum atomic E-state index is -3.77.